The number of benzene rings is 1. The second kappa shape index (κ2) is 8.36. The molecule has 29 heavy (non-hydrogen) atoms. The molecule has 1 aliphatic rings. The van der Waals surface area contributed by atoms with Gasteiger partial charge in [-0.25, -0.2) is 14.4 Å². The van der Waals surface area contributed by atoms with Gasteiger partial charge in [-0.3, -0.25) is 9.56 Å². The van der Waals surface area contributed by atoms with Crippen molar-refractivity contribution >= 4 is 12.8 Å². The molecule has 3 heterocycles. The molecule has 0 aliphatic carbocycles. The lowest BCUT2D eigenvalue weighted by atomic mass is 10.2. The van der Waals surface area contributed by atoms with Gasteiger partial charge in [-0.05, 0) is 50.0 Å². The van der Waals surface area contributed by atoms with Gasteiger partial charge in [0.25, 0.3) is 0 Å². The summed E-state index contributed by atoms with van der Waals surface area (Å²) in [7, 11) is 0. The summed E-state index contributed by atoms with van der Waals surface area (Å²) in [5, 5.41) is 0. The number of halogens is 1. The van der Waals surface area contributed by atoms with Gasteiger partial charge < -0.3 is 9.47 Å². The summed E-state index contributed by atoms with van der Waals surface area (Å²) in [6.07, 6.45) is 6.01. The predicted molar refractivity (Wildman–Crippen MR) is 110 cm³/mol. The molecule has 1 aromatic carbocycles. The van der Waals surface area contributed by atoms with E-state index in [-0.39, 0.29) is 11.9 Å². The first kappa shape index (κ1) is 19.0. The van der Waals surface area contributed by atoms with Gasteiger partial charge in [-0.1, -0.05) is 0 Å². The molecule has 0 radical (unpaired) electrons. The van der Waals surface area contributed by atoms with Gasteiger partial charge in [0.15, 0.2) is 0 Å². The van der Waals surface area contributed by atoms with Gasteiger partial charge in [-0.2, -0.15) is 0 Å². The first-order valence-electron chi connectivity index (χ1n) is 9.34. The number of imidazole rings is 1. The second-order valence-corrected chi connectivity index (χ2v) is 6.70. The highest BCUT2D eigenvalue weighted by Crippen LogP contribution is 2.28. The van der Waals surface area contributed by atoms with Gasteiger partial charge in [0.05, 0.1) is 18.9 Å². The molecule has 7 heteroatoms. The van der Waals surface area contributed by atoms with E-state index in [1.807, 2.05) is 23.6 Å². The monoisotopic (exact) mass is 392 g/mol. The summed E-state index contributed by atoms with van der Waals surface area (Å²) in [6, 6.07) is 10.0. The van der Waals surface area contributed by atoms with Crippen molar-refractivity contribution in [3.63, 3.8) is 0 Å². The van der Waals surface area contributed by atoms with E-state index >= 15 is 0 Å². The van der Waals surface area contributed by atoms with Crippen molar-refractivity contribution in [3.05, 3.63) is 66.0 Å². The number of aliphatic imine (C=N–C) groups is 1. The van der Waals surface area contributed by atoms with Gasteiger partial charge in [0.1, 0.15) is 17.7 Å². The van der Waals surface area contributed by atoms with Crippen LogP contribution in [0.25, 0.3) is 23.2 Å². The Morgan fingerprint density at radius 1 is 1.28 bits per heavy atom. The van der Waals surface area contributed by atoms with Crippen molar-refractivity contribution in [3.8, 4) is 23.0 Å². The molecule has 148 valence electrons. The minimum absolute atomic E-state index is 0.0416. The summed E-state index contributed by atoms with van der Waals surface area (Å²) in [4.78, 5) is 12.9. The molecule has 0 amide bonds. The average Bonchev–Trinajstić information content (AvgIpc) is 3.36. The number of pyridine rings is 1. The van der Waals surface area contributed by atoms with Gasteiger partial charge in [0.2, 0.25) is 5.88 Å². The highest BCUT2D eigenvalue weighted by molar-refractivity contribution is 5.64. The molecule has 3 aromatic rings. The topological polar surface area (TPSA) is 61.5 Å². The van der Waals surface area contributed by atoms with Crippen LogP contribution in [0.5, 0.6) is 5.88 Å². The molecule has 0 spiro atoms. The molecular weight excluding hydrogens is 371 g/mol. The fourth-order valence-electron chi connectivity index (χ4n) is 3.26. The van der Waals surface area contributed by atoms with E-state index < -0.39 is 0 Å². The van der Waals surface area contributed by atoms with Crippen LogP contribution in [0.3, 0.4) is 0 Å². The maximum atomic E-state index is 13.4. The first-order valence-corrected chi connectivity index (χ1v) is 9.34. The number of ether oxygens (including phenoxy) is 2. The quantitative estimate of drug-likeness (QED) is 0.589. The molecule has 1 atom stereocenters. The maximum Gasteiger partial charge on any atom is 0.213 e. The smallest absolute Gasteiger partial charge is 0.213 e. The number of aromatic nitrogens is 3. The summed E-state index contributed by atoms with van der Waals surface area (Å²) in [5.41, 5.74) is 3.27. The minimum atomic E-state index is -0.289. The Hall–Kier alpha value is -3.32. The van der Waals surface area contributed by atoms with Crippen LogP contribution in [0.2, 0.25) is 0 Å². The third-order valence-electron chi connectivity index (χ3n) is 4.74. The lowest BCUT2D eigenvalue weighted by Crippen LogP contribution is -2.16. The fourth-order valence-corrected chi connectivity index (χ4v) is 3.26. The highest BCUT2D eigenvalue weighted by atomic mass is 19.1. The second-order valence-electron chi connectivity index (χ2n) is 6.70. The van der Waals surface area contributed by atoms with Gasteiger partial charge in [-0.15, -0.1) is 0 Å². The van der Waals surface area contributed by atoms with Crippen LogP contribution in [-0.2, 0) is 4.74 Å². The zero-order chi connectivity index (χ0) is 20.2. The van der Waals surface area contributed by atoms with Crippen LogP contribution in [0.4, 0.5) is 4.39 Å². The predicted octanol–water partition coefficient (Wildman–Crippen LogP) is 4.22. The molecule has 0 bridgehead atoms. The standard InChI is InChI=1S/C22H21FN4O2/c1-15-20(9-11-24-2)26-22(27(15)18-6-4-17(23)5-7-18)16-3-8-21(25-13-16)29-19-10-12-28-14-19/h3-9,11,13,19H,2,10,12,14H2,1H3/b11-9-. The van der Waals surface area contributed by atoms with Gasteiger partial charge >= 0.3 is 0 Å². The van der Waals surface area contributed by atoms with E-state index in [1.54, 1.807) is 30.6 Å². The van der Waals surface area contributed by atoms with E-state index in [0.717, 1.165) is 29.1 Å². The Morgan fingerprint density at radius 2 is 2.10 bits per heavy atom. The Morgan fingerprint density at radius 3 is 2.76 bits per heavy atom. The molecular formula is C22H21FN4O2. The average molecular weight is 392 g/mol. The van der Waals surface area contributed by atoms with Crippen LogP contribution in [0.1, 0.15) is 17.8 Å². The summed E-state index contributed by atoms with van der Waals surface area (Å²) in [6.45, 7) is 6.72. The molecule has 1 aliphatic heterocycles. The van der Waals surface area contributed by atoms with E-state index in [4.69, 9.17) is 14.5 Å². The van der Waals surface area contributed by atoms with Crippen molar-refractivity contribution in [2.24, 2.45) is 4.99 Å². The minimum Gasteiger partial charge on any atom is -0.472 e. The molecule has 1 unspecified atom stereocenters. The number of hydrogen-bond donors (Lipinski definition) is 0. The van der Waals surface area contributed by atoms with Gasteiger partial charge in [0, 0.05) is 41.8 Å². The normalized spacial score (nSPS) is 16.4. The van der Waals surface area contributed by atoms with E-state index in [9.17, 15) is 4.39 Å². The Kier molecular flexibility index (Phi) is 5.48. The SMILES string of the molecule is C=N/C=C\c1nc(-c2ccc(OC3CCOC3)nc2)n(-c2ccc(F)cc2)c1C. The molecule has 1 saturated heterocycles. The van der Waals surface area contributed by atoms with Crippen molar-refractivity contribution in [2.75, 3.05) is 13.2 Å². The lowest BCUT2D eigenvalue weighted by molar-refractivity contribution is 0.138. The number of hydrogen-bond acceptors (Lipinski definition) is 5. The third-order valence-corrected chi connectivity index (χ3v) is 4.74. The van der Waals surface area contributed by atoms with Crippen LogP contribution in [0.15, 0.2) is 53.8 Å². The Bertz CT molecular complexity index is 1020. The highest BCUT2D eigenvalue weighted by Gasteiger charge is 2.19. The molecule has 6 nitrogen and oxygen atoms in total. The first-order chi connectivity index (χ1) is 14.2. The maximum absolute atomic E-state index is 13.4. The van der Waals surface area contributed by atoms with Crippen LogP contribution < -0.4 is 4.74 Å². The zero-order valence-corrected chi connectivity index (χ0v) is 16.1. The Labute approximate surface area is 168 Å². The van der Waals surface area contributed by atoms with Crippen molar-refractivity contribution in [1.29, 1.82) is 0 Å². The molecule has 2 aromatic heterocycles. The van der Waals surface area contributed by atoms with Crippen molar-refractivity contribution < 1.29 is 13.9 Å². The summed E-state index contributed by atoms with van der Waals surface area (Å²) < 4.78 is 26.6. The van der Waals surface area contributed by atoms with Crippen LogP contribution in [-0.4, -0.2) is 40.6 Å². The van der Waals surface area contributed by atoms with Crippen LogP contribution >= 0.6 is 0 Å². The fraction of sp³-hybridized carbons (Fsp3) is 0.227. The van der Waals surface area contributed by atoms with Crippen molar-refractivity contribution in [1.82, 2.24) is 14.5 Å². The number of rotatable bonds is 6. The summed E-state index contributed by atoms with van der Waals surface area (Å²) in [5.74, 6) is 0.959. The van der Waals surface area contributed by atoms with E-state index in [1.165, 1.54) is 12.1 Å². The Balaban J connectivity index is 1.72. The van der Waals surface area contributed by atoms with Crippen molar-refractivity contribution in [2.45, 2.75) is 19.4 Å². The number of nitrogens with zero attached hydrogens (tertiary/aromatic N) is 4. The lowest BCUT2D eigenvalue weighted by Gasteiger charge is -2.12. The zero-order valence-electron chi connectivity index (χ0n) is 16.1. The summed E-state index contributed by atoms with van der Waals surface area (Å²) >= 11 is 0. The largest absolute Gasteiger partial charge is 0.472 e. The van der Waals surface area contributed by atoms with E-state index in [0.29, 0.717) is 24.9 Å². The molecule has 0 N–H and O–H groups in total. The molecule has 0 saturated carbocycles. The molecule has 1 fully saturated rings. The molecule has 4 rings (SSSR count). The third kappa shape index (κ3) is 4.09. The van der Waals surface area contributed by atoms with Crippen LogP contribution in [0, 0.1) is 12.7 Å². The van der Waals surface area contributed by atoms with E-state index in [2.05, 4.69) is 16.7 Å².